The van der Waals surface area contributed by atoms with Gasteiger partial charge in [0.25, 0.3) is 5.91 Å². The molecule has 1 aromatic rings. The van der Waals surface area contributed by atoms with Crippen LogP contribution in [0.4, 0.5) is 0 Å². The van der Waals surface area contributed by atoms with Gasteiger partial charge in [0.2, 0.25) is 0 Å². The number of halogens is 1. The number of nitrogens with one attached hydrogen (secondary N) is 1. The van der Waals surface area contributed by atoms with Gasteiger partial charge in [0.15, 0.2) is 0 Å². The lowest BCUT2D eigenvalue weighted by molar-refractivity contribution is 0.0952. The topological polar surface area (TPSA) is 38.3 Å². The number of thioether (sulfide) groups is 1. The first-order valence-electron chi connectivity index (χ1n) is 6.29. The summed E-state index contributed by atoms with van der Waals surface area (Å²) >= 11 is 5.25. The molecule has 0 atom stereocenters. The average Bonchev–Trinajstić information content (AvgIpc) is 2.43. The van der Waals surface area contributed by atoms with Gasteiger partial charge in [-0.3, -0.25) is 4.79 Å². The highest BCUT2D eigenvalue weighted by molar-refractivity contribution is 9.10. The van der Waals surface area contributed by atoms with E-state index in [2.05, 4.69) is 27.5 Å². The second-order valence-electron chi connectivity index (χ2n) is 4.16. The van der Waals surface area contributed by atoms with Crippen molar-refractivity contribution in [2.75, 3.05) is 25.7 Å². The van der Waals surface area contributed by atoms with E-state index in [4.69, 9.17) is 4.74 Å². The van der Waals surface area contributed by atoms with E-state index in [1.165, 1.54) is 12.2 Å². The molecule has 0 spiro atoms. The van der Waals surface area contributed by atoms with Crippen molar-refractivity contribution >= 4 is 33.6 Å². The number of amides is 1. The molecule has 0 fully saturated rings. The lowest BCUT2D eigenvalue weighted by Crippen LogP contribution is -2.24. The molecule has 0 saturated heterocycles. The zero-order valence-electron chi connectivity index (χ0n) is 11.4. The summed E-state index contributed by atoms with van der Waals surface area (Å²) < 4.78 is 5.91. The molecule has 1 rings (SSSR count). The summed E-state index contributed by atoms with van der Waals surface area (Å²) in [7, 11) is 1.59. The van der Waals surface area contributed by atoms with Crippen LogP contribution in [-0.2, 0) is 0 Å². The molecule has 0 aliphatic heterocycles. The van der Waals surface area contributed by atoms with Crippen LogP contribution in [0.5, 0.6) is 5.75 Å². The van der Waals surface area contributed by atoms with Crippen LogP contribution >= 0.6 is 27.7 Å². The zero-order valence-corrected chi connectivity index (χ0v) is 13.8. The first-order valence-corrected chi connectivity index (χ1v) is 8.48. The van der Waals surface area contributed by atoms with E-state index < -0.39 is 0 Å². The second-order valence-corrected chi connectivity index (χ2v) is 6.00. The molecular weight excluding hydrogens is 326 g/mol. The molecule has 5 heteroatoms. The number of methoxy groups -OCH3 is 1. The summed E-state index contributed by atoms with van der Waals surface area (Å²) in [5.41, 5.74) is 0.614. The van der Waals surface area contributed by atoms with Gasteiger partial charge in [-0.1, -0.05) is 6.42 Å². The van der Waals surface area contributed by atoms with Crippen LogP contribution < -0.4 is 10.1 Å². The van der Waals surface area contributed by atoms with E-state index in [1.807, 2.05) is 23.9 Å². The summed E-state index contributed by atoms with van der Waals surface area (Å²) in [6.45, 7) is 0.719. The normalized spacial score (nSPS) is 10.3. The Labute approximate surface area is 127 Å². The van der Waals surface area contributed by atoms with Gasteiger partial charge >= 0.3 is 0 Å². The highest BCUT2D eigenvalue weighted by atomic mass is 79.9. The number of benzene rings is 1. The molecule has 1 amide bonds. The van der Waals surface area contributed by atoms with E-state index in [1.54, 1.807) is 13.2 Å². The fourth-order valence-electron chi connectivity index (χ4n) is 1.65. The number of hydrogen-bond donors (Lipinski definition) is 1. The van der Waals surface area contributed by atoms with Gasteiger partial charge in [-0.15, -0.1) is 0 Å². The Morgan fingerprint density at radius 2 is 2.16 bits per heavy atom. The third-order valence-electron chi connectivity index (χ3n) is 2.73. The van der Waals surface area contributed by atoms with Gasteiger partial charge in [-0.25, -0.2) is 0 Å². The van der Waals surface area contributed by atoms with Crippen molar-refractivity contribution in [1.29, 1.82) is 0 Å². The number of carbonyl (C=O) groups is 1. The van der Waals surface area contributed by atoms with Crippen LogP contribution in [-0.4, -0.2) is 31.6 Å². The van der Waals surface area contributed by atoms with Crippen molar-refractivity contribution in [1.82, 2.24) is 5.32 Å². The van der Waals surface area contributed by atoms with E-state index >= 15 is 0 Å². The highest BCUT2D eigenvalue weighted by Gasteiger charge is 2.10. The first kappa shape index (κ1) is 16.4. The highest BCUT2D eigenvalue weighted by Crippen LogP contribution is 2.22. The Kier molecular flexibility index (Phi) is 7.98. The monoisotopic (exact) mass is 345 g/mol. The summed E-state index contributed by atoms with van der Waals surface area (Å²) in [5.74, 6) is 1.82. The molecule has 0 aliphatic carbocycles. The van der Waals surface area contributed by atoms with Gasteiger partial charge < -0.3 is 10.1 Å². The smallest absolute Gasteiger partial charge is 0.252 e. The molecule has 0 heterocycles. The lowest BCUT2D eigenvalue weighted by Gasteiger charge is -2.08. The molecule has 0 aliphatic rings. The SMILES string of the molecule is COc1ccc(Br)c(C(=O)NCCCCCSC)c1. The number of carbonyl (C=O) groups excluding carboxylic acids is 1. The molecule has 0 aromatic heterocycles. The number of ether oxygens (including phenoxy) is 1. The predicted octanol–water partition coefficient (Wildman–Crippen LogP) is 3.72. The number of hydrogen-bond acceptors (Lipinski definition) is 3. The Bertz CT molecular complexity index is 412. The first-order chi connectivity index (χ1) is 9.19. The van der Waals surface area contributed by atoms with Gasteiger partial charge in [-0.05, 0) is 59.0 Å². The van der Waals surface area contributed by atoms with Gasteiger partial charge in [0, 0.05) is 11.0 Å². The van der Waals surface area contributed by atoms with Gasteiger partial charge in [0.1, 0.15) is 5.75 Å². The minimum absolute atomic E-state index is 0.0596. The molecule has 1 N–H and O–H groups in total. The summed E-state index contributed by atoms with van der Waals surface area (Å²) in [6, 6.07) is 5.39. The Morgan fingerprint density at radius 1 is 1.37 bits per heavy atom. The number of unbranched alkanes of at least 4 members (excludes halogenated alkanes) is 2. The fraction of sp³-hybridized carbons (Fsp3) is 0.500. The molecule has 3 nitrogen and oxygen atoms in total. The number of rotatable bonds is 8. The predicted molar refractivity (Wildman–Crippen MR) is 85.3 cm³/mol. The maximum atomic E-state index is 12.0. The molecule has 0 bridgehead atoms. The average molecular weight is 346 g/mol. The van der Waals surface area contributed by atoms with Crippen molar-refractivity contribution < 1.29 is 9.53 Å². The van der Waals surface area contributed by atoms with Crippen LogP contribution in [0, 0.1) is 0 Å². The lowest BCUT2D eigenvalue weighted by atomic mass is 10.2. The minimum Gasteiger partial charge on any atom is -0.497 e. The van der Waals surface area contributed by atoms with Crippen LogP contribution in [0.1, 0.15) is 29.6 Å². The van der Waals surface area contributed by atoms with Crippen molar-refractivity contribution in [3.05, 3.63) is 28.2 Å². The second kappa shape index (κ2) is 9.26. The minimum atomic E-state index is -0.0596. The summed E-state index contributed by atoms with van der Waals surface area (Å²) in [6.07, 6.45) is 5.50. The van der Waals surface area contributed by atoms with Gasteiger partial charge in [-0.2, -0.15) is 11.8 Å². The maximum absolute atomic E-state index is 12.0. The van der Waals surface area contributed by atoms with Crippen LogP contribution in [0.25, 0.3) is 0 Å². The van der Waals surface area contributed by atoms with E-state index in [0.29, 0.717) is 11.3 Å². The van der Waals surface area contributed by atoms with E-state index in [9.17, 15) is 4.79 Å². The Morgan fingerprint density at radius 3 is 2.84 bits per heavy atom. The Balaban J connectivity index is 2.40. The summed E-state index contributed by atoms with van der Waals surface area (Å²) in [4.78, 5) is 12.0. The third kappa shape index (κ3) is 5.87. The molecule has 0 radical (unpaired) electrons. The molecule has 1 aromatic carbocycles. The van der Waals surface area contributed by atoms with Crippen LogP contribution in [0.3, 0.4) is 0 Å². The van der Waals surface area contributed by atoms with Crippen LogP contribution in [0.15, 0.2) is 22.7 Å². The molecule has 19 heavy (non-hydrogen) atoms. The van der Waals surface area contributed by atoms with Crippen molar-refractivity contribution in [3.8, 4) is 5.75 Å². The van der Waals surface area contributed by atoms with Gasteiger partial charge in [0.05, 0.1) is 12.7 Å². The van der Waals surface area contributed by atoms with Crippen molar-refractivity contribution in [2.45, 2.75) is 19.3 Å². The van der Waals surface area contributed by atoms with E-state index in [0.717, 1.165) is 23.9 Å². The van der Waals surface area contributed by atoms with Crippen molar-refractivity contribution in [2.24, 2.45) is 0 Å². The zero-order chi connectivity index (χ0) is 14.1. The maximum Gasteiger partial charge on any atom is 0.252 e. The largest absolute Gasteiger partial charge is 0.497 e. The molecule has 106 valence electrons. The molecular formula is C14H20BrNO2S. The summed E-state index contributed by atoms with van der Waals surface area (Å²) in [5, 5.41) is 2.94. The van der Waals surface area contributed by atoms with Crippen molar-refractivity contribution in [3.63, 3.8) is 0 Å². The Hall–Kier alpha value is -0.680. The standard InChI is InChI=1S/C14H20BrNO2S/c1-18-11-6-7-13(15)12(10-11)14(17)16-8-4-3-5-9-19-2/h6-7,10H,3-5,8-9H2,1-2H3,(H,16,17). The third-order valence-corrected chi connectivity index (χ3v) is 4.12. The van der Waals surface area contributed by atoms with E-state index in [-0.39, 0.29) is 5.91 Å². The van der Waals surface area contributed by atoms with Crippen LogP contribution in [0.2, 0.25) is 0 Å². The fourth-order valence-corrected chi connectivity index (χ4v) is 2.57. The quantitative estimate of drug-likeness (QED) is 0.729. The molecule has 0 unspecified atom stereocenters. The molecule has 0 saturated carbocycles.